The highest BCUT2D eigenvalue weighted by Gasteiger charge is 2.30. The van der Waals surface area contributed by atoms with E-state index in [0.717, 1.165) is 19.3 Å². The first kappa shape index (κ1) is 13.9. The van der Waals surface area contributed by atoms with Crippen LogP contribution in [0.25, 0.3) is 0 Å². The molecule has 0 amide bonds. The van der Waals surface area contributed by atoms with Gasteiger partial charge >= 0.3 is 0 Å². The summed E-state index contributed by atoms with van der Waals surface area (Å²) in [5, 5.41) is 0. The molecule has 2 aliphatic rings. The van der Waals surface area contributed by atoms with Crippen LogP contribution in [0.4, 0.5) is 5.69 Å². The highest BCUT2D eigenvalue weighted by Crippen LogP contribution is 2.26. The maximum atomic E-state index is 12.3. The molecule has 0 spiro atoms. The lowest BCUT2D eigenvalue weighted by Crippen LogP contribution is -2.51. The molecule has 0 radical (unpaired) electrons. The number of hydrogen-bond donors (Lipinski definition) is 1. The molecular formula is C14H21N3O2S. The number of nitrogens with one attached hydrogen (secondary N) is 1. The molecule has 1 aromatic rings. The van der Waals surface area contributed by atoms with E-state index in [0.29, 0.717) is 19.6 Å². The number of nitrogens with zero attached hydrogens (tertiary/aromatic N) is 2. The second kappa shape index (κ2) is 5.35. The number of fused-ring (bicyclic) bond motifs is 1. The van der Waals surface area contributed by atoms with E-state index in [1.807, 2.05) is 19.2 Å². The molecule has 0 aliphatic carbocycles. The Bertz CT molecular complexity index is 582. The Labute approximate surface area is 120 Å². The fourth-order valence-corrected chi connectivity index (χ4v) is 4.57. The maximum absolute atomic E-state index is 12.3. The van der Waals surface area contributed by atoms with Crippen molar-refractivity contribution in [2.24, 2.45) is 0 Å². The molecule has 1 N–H and O–H groups in total. The standard InChI is InChI=1S/C14H21N3O2S/c1-16-11-13(10-12-6-2-3-7-14(12)16)15-20(18,19)17-8-4-5-9-17/h2-3,6-7,13,15H,4-5,8-11H2,1H3. The Morgan fingerprint density at radius 2 is 1.90 bits per heavy atom. The summed E-state index contributed by atoms with van der Waals surface area (Å²) >= 11 is 0. The zero-order valence-corrected chi connectivity index (χ0v) is 12.6. The minimum atomic E-state index is -3.33. The lowest BCUT2D eigenvalue weighted by atomic mass is 9.99. The normalized spacial score (nSPS) is 23.9. The molecule has 1 fully saturated rings. The number of likely N-dealkylation sites (N-methyl/N-ethyl adjacent to an activating group) is 1. The molecule has 1 atom stereocenters. The molecule has 2 aliphatic heterocycles. The van der Waals surface area contributed by atoms with Gasteiger partial charge in [0.25, 0.3) is 10.2 Å². The van der Waals surface area contributed by atoms with Gasteiger partial charge in [0.1, 0.15) is 0 Å². The largest absolute Gasteiger partial charge is 0.373 e. The van der Waals surface area contributed by atoms with Crippen LogP contribution in [0.5, 0.6) is 0 Å². The van der Waals surface area contributed by atoms with Crippen molar-refractivity contribution in [1.29, 1.82) is 0 Å². The van der Waals surface area contributed by atoms with Gasteiger partial charge in [-0.15, -0.1) is 0 Å². The van der Waals surface area contributed by atoms with E-state index in [1.165, 1.54) is 11.3 Å². The van der Waals surface area contributed by atoms with Gasteiger partial charge in [0.05, 0.1) is 0 Å². The van der Waals surface area contributed by atoms with Crippen LogP contribution in [0.2, 0.25) is 0 Å². The van der Waals surface area contributed by atoms with Crippen molar-refractivity contribution in [2.75, 3.05) is 31.6 Å². The van der Waals surface area contributed by atoms with Gasteiger partial charge in [-0.2, -0.15) is 17.4 Å². The third kappa shape index (κ3) is 2.68. The Morgan fingerprint density at radius 1 is 1.20 bits per heavy atom. The van der Waals surface area contributed by atoms with Gasteiger partial charge in [-0.3, -0.25) is 0 Å². The van der Waals surface area contributed by atoms with Gasteiger partial charge in [-0.25, -0.2) is 0 Å². The molecule has 110 valence electrons. The van der Waals surface area contributed by atoms with Crippen LogP contribution < -0.4 is 9.62 Å². The molecule has 3 rings (SSSR count). The van der Waals surface area contributed by atoms with Crippen molar-refractivity contribution in [3.05, 3.63) is 29.8 Å². The van der Waals surface area contributed by atoms with Crippen LogP contribution in [0, 0.1) is 0 Å². The van der Waals surface area contributed by atoms with E-state index >= 15 is 0 Å². The van der Waals surface area contributed by atoms with Crippen LogP contribution in [0.3, 0.4) is 0 Å². The van der Waals surface area contributed by atoms with Crippen molar-refractivity contribution >= 4 is 15.9 Å². The Kier molecular flexibility index (Phi) is 3.70. The van der Waals surface area contributed by atoms with E-state index in [1.54, 1.807) is 4.31 Å². The summed E-state index contributed by atoms with van der Waals surface area (Å²) in [6.45, 7) is 2.01. The van der Waals surface area contributed by atoms with E-state index in [-0.39, 0.29) is 6.04 Å². The van der Waals surface area contributed by atoms with Gasteiger partial charge < -0.3 is 4.90 Å². The monoisotopic (exact) mass is 295 g/mol. The fourth-order valence-electron chi connectivity index (χ4n) is 3.11. The molecule has 20 heavy (non-hydrogen) atoms. The third-order valence-electron chi connectivity index (χ3n) is 4.08. The van der Waals surface area contributed by atoms with Crippen LogP contribution in [-0.4, -0.2) is 45.4 Å². The summed E-state index contributed by atoms with van der Waals surface area (Å²) in [6, 6.07) is 8.12. The van der Waals surface area contributed by atoms with E-state index in [2.05, 4.69) is 21.8 Å². The molecular weight excluding hydrogens is 274 g/mol. The molecule has 0 bridgehead atoms. The zero-order chi connectivity index (χ0) is 14.2. The van der Waals surface area contributed by atoms with Gasteiger partial charge in [-0.05, 0) is 30.9 Å². The van der Waals surface area contributed by atoms with Crippen LogP contribution in [0.1, 0.15) is 18.4 Å². The summed E-state index contributed by atoms with van der Waals surface area (Å²) in [5.74, 6) is 0. The lowest BCUT2D eigenvalue weighted by molar-refractivity contribution is 0.447. The SMILES string of the molecule is CN1CC(NS(=O)(=O)N2CCCC2)Cc2ccccc21. The average molecular weight is 295 g/mol. The third-order valence-corrected chi connectivity index (χ3v) is 5.76. The highest BCUT2D eigenvalue weighted by molar-refractivity contribution is 7.87. The lowest BCUT2D eigenvalue weighted by Gasteiger charge is -2.34. The minimum absolute atomic E-state index is 0.0551. The predicted octanol–water partition coefficient (Wildman–Crippen LogP) is 0.978. The molecule has 2 heterocycles. The first-order valence-corrected chi connectivity index (χ1v) is 8.57. The molecule has 0 aromatic heterocycles. The number of hydrogen-bond acceptors (Lipinski definition) is 3. The number of para-hydroxylation sites is 1. The Morgan fingerprint density at radius 3 is 2.65 bits per heavy atom. The summed E-state index contributed by atoms with van der Waals surface area (Å²) in [4.78, 5) is 2.12. The number of anilines is 1. The fraction of sp³-hybridized carbons (Fsp3) is 0.571. The Hall–Kier alpha value is -1.11. The molecule has 1 unspecified atom stereocenters. The molecule has 5 nitrogen and oxygen atoms in total. The molecule has 1 saturated heterocycles. The van der Waals surface area contributed by atoms with E-state index < -0.39 is 10.2 Å². The second-order valence-electron chi connectivity index (χ2n) is 5.64. The second-order valence-corrected chi connectivity index (χ2v) is 7.34. The van der Waals surface area contributed by atoms with E-state index in [9.17, 15) is 8.42 Å². The summed E-state index contributed by atoms with van der Waals surface area (Å²) in [5.41, 5.74) is 2.40. The van der Waals surface area contributed by atoms with Crippen molar-refractivity contribution in [2.45, 2.75) is 25.3 Å². The molecule has 6 heteroatoms. The quantitative estimate of drug-likeness (QED) is 0.904. The van der Waals surface area contributed by atoms with Crippen LogP contribution >= 0.6 is 0 Å². The first-order chi connectivity index (χ1) is 9.56. The smallest absolute Gasteiger partial charge is 0.279 e. The zero-order valence-electron chi connectivity index (χ0n) is 11.7. The van der Waals surface area contributed by atoms with Crippen molar-refractivity contribution < 1.29 is 8.42 Å². The predicted molar refractivity (Wildman–Crippen MR) is 80.1 cm³/mol. The summed E-state index contributed by atoms with van der Waals surface area (Å²) in [6.07, 6.45) is 2.69. The topological polar surface area (TPSA) is 52.7 Å². The maximum Gasteiger partial charge on any atom is 0.279 e. The van der Waals surface area contributed by atoms with Gasteiger partial charge in [0.2, 0.25) is 0 Å². The molecule has 1 aromatic carbocycles. The van der Waals surface area contributed by atoms with E-state index in [4.69, 9.17) is 0 Å². The van der Waals surface area contributed by atoms with Crippen molar-refractivity contribution in [1.82, 2.24) is 9.03 Å². The highest BCUT2D eigenvalue weighted by atomic mass is 32.2. The van der Waals surface area contributed by atoms with Gasteiger partial charge in [-0.1, -0.05) is 18.2 Å². The van der Waals surface area contributed by atoms with Crippen molar-refractivity contribution in [3.8, 4) is 0 Å². The summed E-state index contributed by atoms with van der Waals surface area (Å²) < 4.78 is 29.1. The van der Waals surface area contributed by atoms with Crippen LogP contribution in [0.15, 0.2) is 24.3 Å². The Balaban J connectivity index is 1.74. The van der Waals surface area contributed by atoms with Gasteiger partial charge in [0.15, 0.2) is 0 Å². The van der Waals surface area contributed by atoms with Gasteiger partial charge in [0, 0.05) is 38.4 Å². The summed E-state index contributed by atoms with van der Waals surface area (Å²) in [7, 11) is -1.32. The molecule has 0 saturated carbocycles. The minimum Gasteiger partial charge on any atom is -0.373 e. The first-order valence-electron chi connectivity index (χ1n) is 7.13. The van der Waals surface area contributed by atoms with Crippen LogP contribution in [-0.2, 0) is 16.6 Å². The number of benzene rings is 1. The average Bonchev–Trinajstić information content (AvgIpc) is 2.93. The van der Waals surface area contributed by atoms with Crippen molar-refractivity contribution in [3.63, 3.8) is 0 Å². The number of rotatable bonds is 3.